The molecule has 0 aliphatic carbocycles. The smallest absolute Gasteiger partial charge is 0.307 e. The normalized spacial score (nSPS) is 11.5. The van der Waals surface area contributed by atoms with Crippen molar-refractivity contribution < 1.29 is 19.1 Å². The maximum Gasteiger partial charge on any atom is 0.307 e. The van der Waals surface area contributed by atoms with Crippen LogP contribution in [0.3, 0.4) is 0 Å². The Labute approximate surface area is 163 Å². The molecular formula is C21H22ClNO4. The predicted molar refractivity (Wildman–Crippen MR) is 104 cm³/mol. The summed E-state index contributed by atoms with van der Waals surface area (Å²) in [7, 11) is 1.29. The van der Waals surface area contributed by atoms with Crippen LogP contribution in [0.2, 0.25) is 5.02 Å². The Morgan fingerprint density at radius 2 is 1.63 bits per heavy atom. The van der Waals surface area contributed by atoms with Gasteiger partial charge >= 0.3 is 5.97 Å². The number of hydrogen-bond acceptors (Lipinski definition) is 4. The van der Waals surface area contributed by atoms with Gasteiger partial charge in [-0.15, -0.1) is 0 Å². The number of rotatable bonds is 8. The van der Waals surface area contributed by atoms with E-state index >= 15 is 0 Å². The molecule has 2 aromatic carbocycles. The zero-order valence-electron chi connectivity index (χ0n) is 15.3. The molecule has 142 valence electrons. The lowest BCUT2D eigenvalue weighted by Gasteiger charge is -2.18. The van der Waals surface area contributed by atoms with Crippen molar-refractivity contribution in [1.29, 1.82) is 0 Å². The second-order valence-corrected chi connectivity index (χ2v) is 6.68. The fourth-order valence-electron chi connectivity index (χ4n) is 2.57. The fraction of sp³-hybridized carbons (Fsp3) is 0.286. The van der Waals surface area contributed by atoms with Crippen LogP contribution in [0, 0.1) is 6.92 Å². The van der Waals surface area contributed by atoms with Gasteiger partial charge in [0.05, 0.1) is 19.6 Å². The Morgan fingerprint density at radius 3 is 2.22 bits per heavy atom. The average molecular weight is 388 g/mol. The number of nitrogens with one attached hydrogen (secondary N) is 1. The zero-order valence-corrected chi connectivity index (χ0v) is 16.1. The number of hydrogen-bond donors (Lipinski definition) is 1. The van der Waals surface area contributed by atoms with Gasteiger partial charge in [0.25, 0.3) is 0 Å². The first kappa shape index (κ1) is 20.6. The van der Waals surface area contributed by atoms with Crippen LogP contribution < -0.4 is 5.32 Å². The minimum Gasteiger partial charge on any atom is -0.469 e. The van der Waals surface area contributed by atoms with E-state index in [0.717, 1.165) is 11.1 Å². The van der Waals surface area contributed by atoms with E-state index in [1.165, 1.54) is 7.11 Å². The molecule has 0 saturated carbocycles. The van der Waals surface area contributed by atoms with E-state index in [2.05, 4.69) is 5.32 Å². The molecule has 1 N–H and O–H groups in total. The number of carbonyl (C=O) groups excluding carboxylic acids is 3. The van der Waals surface area contributed by atoms with Gasteiger partial charge in [-0.25, -0.2) is 0 Å². The Morgan fingerprint density at radius 1 is 1.00 bits per heavy atom. The van der Waals surface area contributed by atoms with Gasteiger partial charge in [0.2, 0.25) is 5.91 Å². The number of esters is 1. The van der Waals surface area contributed by atoms with Crippen molar-refractivity contribution in [3.8, 4) is 0 Å². The van der Waals surface area contributed by atoms with Crippen LogP contribution in [0.25, 0.3) is 0 Å². The number of ether oxygens (including phenoxy) is 1. The van der Waals surface area contributed by atoms with Crippen molar-refractivity contribution >= 4 is 29.3 Å². The minimum atomic E-state index is -0.545. The second kappa shape index (κ2) is 9.88. The quantitative estimate of drug-likeness (QED) is 0.548. The largest absolute Gasteiger partial charge is 0.469 e. The zero-order chi connectivity index (χ0) is 19.8. The van der Waals surface area contributed by atoms with Gasteiger partial charge in [-0.1, -0.05) is 53.6 Å². The molecule has 27 heavy (non-hydrogen) atoms. The number of Topliss-reactive ketones (excluding diaryl/α,β-unsaturated/α-hetero) is 1. The van der Waals surface area contributed by atoms with E-state index in [1.807, 2.05) is 19.1 Å². The molecule has 1 amide bonds. The summed E-state index contributed by atoms with van der Waals surface area (Å²) in [6, 6.07) is 13.5. The van der Waals surface area contributed by atoms with Crippen molar-refractivity contribution in [3.63, 3.8) is 0 Å². The Hall–Kier alpha value is -2.66. The standard InChI is InChI=1S/C21H22ClNO4/c1-14-3-5-16(6-4-14)19(24)11-12-20(25)23-18(13-21(26)27-2)15-7-9-17(22)10-8-15/h3-10,18H,11-13H2,1-2H3,(H,23,25). The number of aryl methyl sites for hydroxylation is 1. The van der Waals surface area contributed by atoms with Crippen molar-refractivity contribution in [3.05, 3.63) is 70.2 Å². The van der Waals surface area contributed by atoms with Crippen LogP contribution in [0.15, 0.2) is 48.5 Å². The molecule has 2 aromatic rings. The molecule has 6 heteroatoms. The molecule has 2 rings (SSSR count). The topological polar surface area (TPSA) is 72.5 Å². The first-order valence-electron chi connectivity index (χ1n) is 8.60. The molecule has 0 bridgehead atoms. The highest BCUT2D eigenvalue weighted by Crippen LogP contribution is 2.20. The lowest BCUT2D eigenvalue weighted by Crippen LogP contribution is -2.30. The fourth-order valence-corrected chi connectivity index (χ4v) is 2.70. The molecule has 0 aromatic heterocycles. The number of carbonyl (C=O) groups is 3. The van der Waals surface area contributed by atoms with E-state index in [0.29, 0.717) is 10.6 Å². The van der Waals surface area contributed by atoms with E-state index < -0.39 is 12.0 Å². The summed E-state index contributed by atoms with van der Waals surface area (Å²) < 4.78 is 4.70. The van der Waals surface area contributed by atoms with Gasteiger partial charge in [0.1, 0.15) is 0 Å². The lowest BCUT2D eigenvalue weighted by atomic mass is 10.0. The number of halogens is 1. The van der Waals surface area contributed by atoms with E-state index in [-0.39, 0.29) is 31.0 Å². The molecule has 0 heterocycles. The van der Waals surface area contributed by atoms with Crippen LogP contribution in [-0.4, -0.2) is 24.8 Å². The summed E-state index contributed by atoms with van der Waals surface area (Å²) in [5.74, 6) is -0.841. The summed E-state index contributed by atoms with van der Waals surface area (Å²) in [5.41, 5.74) is 2.39. The SMILES string of the molecule is COC(=O)CC(NC(=O)CCC(=O)c1ccc(C)cc1)c1ccc(Cl)cc1. The van der Waals surface area contributed by atoms with Crippen molar-refractivity contribution in [2.24, 2.45) is 0 Å². The molecule has 0 aliphatic rings. The second-order valence-electron chi connectivity index (χ2n) is 6.24. The maximum atomic E-state index is 12.3. The highest BCUT2D eigenvalue weighted by molar-refractivity contribution is 6.30. The van der Waals surface area contributed by atoms with Crippen molar-refractivity contribution in [2.45, 2.75) is 32.2 Å². The first-order valence-corrected chi connectivity index (χ1v) is 8.98. The molecule has 0 spiro atoms. The summed E-state index contributed by atoms with van der Waals surface area (Å²) >= 11 is 5.89. The third-order valence-electron chi connectivity index (χ3n) is 4.16. The predicted octanol–water partition coefficient (Wildman–Crippen LogP) is 4.03. The summed E-state index contributed by atoms with van der Waals surface area (Å²) in [6.45, 7) is 1.94. The molecule has 0 fully saturated rings. The molecule has 0 radical (unpaired) electrons. The van der Waals surface area contributed by atoms with Crippen molar-refractivity contribution in [1.82, 2.24) is 5.32 Å². The molecule has 1 unspecified atom stereocenters. The number of methoxy groups -OCH3 is 1. The first-order chi connectivity index (χ1) is 12.9. The average Bonchev–Trinajstić information content (AvgIpc) is 2.66. The van der Waals surface area contributed by atoms with E-state index in [1.54, 1.807) is 36.4 Å². The molecule has 0 aliphatic heterocycles. The third-order valence-corrected chi connectivity index (χ3v) is 4.41. The van der Waals surface area contributed by atoms with Gasteiger partial charge < -0.3 is 10.1 Å². The Balaban J connectivity index is 1.98. The van der Waals surface area contributed by atoms with Gasteiger partial charge in [0.15, 0.2) is 5.78 Å². The number of benzene rings is 2. The summed E-state index contributed by atoms with van der Waals surface area (Å²) in [5, 5.41) is 3.36. The maximum absolute atomic E-state index is 12.3. The monoisotopic (exact) mass is 387 g/mol. The van der Waals surface area contributed by atoms with Crippen LogP contribution in [-0.2, 0) is 14.3 Å². The van der Waals surface area contributed by atoms with Crippen molar-refractivity contribution in [2.75, 3.05) is 7.11 Å². The Kier molecular flexibility index (Phi) is 7.55. The molecular weight excluding hydrogens is 366 g/mol. The van der Waals surface area contributed by atoms with Crippen LogP contribution >= 0.6 is 11.6 Å². The highest BCUT2D eigenvalue weighted by Gasteiger charge is 2.19. The summed E-state index contributed by atoms with van der Waals surface area (Å²) in [4.78, 5) is 36.2. The third kappa shape index (κ3) is 6.53. The molecule has 1 atom stereocenters. The number of amides is 1. The van der Waals surface area contributed by atoms with Gasteiger partial charge in [-0.3, -0.25) is 14.4 Å². The van der Waals surface area contributed by atoms with Gasteiger partial charge in [0, 0.05) is 23.4 Å². The lowest BCUT2D eigenvalue weighted by molar-refractivity contribution is -0.141. The van der Waals surface area contributed by atoms with Gasteiger partial charge in [-0.05, 0) is 24.6 Å². The van der Waals surface area contributed by atoms with Gasteiger partial charge in [-0.2, -0.15) is 0 Å². The van der Waals surface area contributed by atoms with Crippen LogP contribution in [0.5, 0.6) is 0 Å². The highest BCUT2D eigenvalue weighted by atomic mass is 35.5. The number of ketones is 1. The van der Waals surface area contributed by atoms with E-state index in [9.17, 15) is 14.4 Å². The van der Waals surface area contributed by atoms with Crippen LogP contribution in [0.4, 0.5) is 0 Å². The Bertz CT molecular complexity index is 800. The van der Waals surface area contributed by atoms with Crippen LogP contribution in [0.1, 0.15) is 46.8 Å². The molecule has 0 saturated heterocycles. The van der Waals surface area contributed by atoms with E-state index in [4.69, 9.17) is 16.3 Å². The minimum absolute atomic E-state index is 0.00419. The summed E-state index contributed by atoms with van der Waals surface area (Å²) in [6.07, 6.45) is 0.133. The molecule has 5 nitrogen and oxygen atoms in total.